The molecular formula is C10H12F2N2O4S. The minimum Gasteiger partial charge on any atom is -0.487 e. The standard InChI is InChI=1S/C10H12F2N2O4S/c1-14-9(15)2-3-18-10-7(11)4-6(5-8(10)12)19(13,16)17/h4-5H,2-3H2,1H3,(H,14,15)(H2,13,16,17). The lowest BCUT2D eigenvalue weighted by atomic mass is 10.3. The average Bonchev–Trinajstić information content (AvgIpc) is 2.30. The lowest BCUT2D eigenvalue weighted by Gasteiger charge is -2.09. The van der Waals surface area contributed by atoms with Crippen molar-refractivity contribution in [3.63, 3.8) is 0 Å². The summed E-state index contributed by atoms with van der Waals surface area (Å²) >= 11 is 0. The Labute approximate surface area is 108 Å². The molecule has 0 aliphatic heterocycles. The molecule has 0 fully saturated rings. The van der Waals surface area contributed by atoms with E-state index >= 15 is 0 Å². The van der Waals surface area contributed by atoms with E-state index in [4.69, 9.17) is 9.88 Å². The number of carbonyl (C=O) groups is 1. The van der Waals surface area contributed by atoms with E-state index in [2.05, 4.69) is 5.32 Å². The van der Waals surface area contributed by atoms with Crippen LogP contribution in [-0.4, -0.2) is 28.0 Å². The number of primary sulfonamides is 1. The highest BCUT2D eigenvalue weighted by Crippen LogP contribution is 2.25. The molecule has 0 aromatic heterocycles. The van der Waals surface area contributed by atoms with E-state index in [1.807, 2.05) is 0 Å². The van der Waals surface area contributed by atoms with Crippen LogP contribution in [-0.2, 0) is 14.8 Å². The summed E-state index contributed by atoms with van der Waals surface area (Å²) in [6, 6.07) is 1.10. The highest BCUT2D eigenvalue weighted by Gasteiger charge is 2.18. The predicted octanol–water partition coefficient (Wildman–Crippen LogP) is 0.127. The molecule has 1 aromatic rings. The van der Waals surface area contributed by atoms with Crippen LogP contribution in [0, 0.1) is 11.6 Å². The first-order valence-electron chi connectivity index (χ1n) is 5.11. The van der Waals surface area contributed by atoms with Crippen molar-refractivity contribution in [1.82, 2.24) is 5.32 Å². The van der Waals surface area contributed by atoms with Gasteiger partial charge in [-0.1, -0.05) is 0 Å². The minimum atomic E-state index is -4.20. The van der Waals surface area contributed by atoms with E-state index in [0.717, 1.165) is 0 Å². The highest BCUT2D eigenvalue weighted by molar-refractivity contribution is 7.89. The molecule has 0 aliphatic rings. The van der Waals surface area contributed by atoms with Crippen LogP contribution in [0.1, 0.15) is 6.42 Å². The molecule has 0 unspecified atom stereocenters. The summed E-state index contributed by atoms with van der Waals surface area (Å²) in [6.45, 7) is -0.248. The number of amides is 1. The Morgan fingerprint density at radius 2 is 1.89 bits per heavy atom. The monoisotopic (exact) mass is 294 g/mol. The summed E-state index contributed by atoms with van der Waals surface area (Å²) in [5.74, 6) is -3.53. The Bertz CT molecular complexity index is 566. The van der Waals surface area contributed by atoms with Crippen molar-refractivity contribution in [3.8, 4) is 5.75 Å². The zero-order valence-corrected chi connectivity index (χ0v) is 10.8. The average molecular weight is 294 g/mol. The number of rotatable bonds is 5. The van der Waals surface area contributed by atoms with Gasteiger partial charge in [0.05, 0.1) is 17.9 Å². The van der Waals surface area contributed by atoms with Gasteiger partial charge in [0.25, 0.3) is 0 Å². The summed E-state index contributed by atoms with van der Waals surface area (Å²) in [5.41, 5.74) is 0. The summed E-state index contributed by atoms with van der Waals surface area (Å²) in [4.78, 5) is 10.2. The molecule has 0 aliphatic carbocycles. The van der Waals surface area contributed by atoms with Gasteiger partial charge >= 0.3 is 0 Å². The number of nitrogens with one attached hydrogen (secondary N) is 1. The van der Waals surface area contributed by atoms with Crippen molar-refractivity contribution in [2.75, 3.05) is 13.7 Å². The van der Waals surface area contributed by atoms with Gasteiger partial charge in [-0.25, -0.2) is 22.3 Å². The summed E-state index contributed by atoms with van der Waals surface area (Å²) in [6.07, 6.45) is -0.0910. The zero-order valence-electron chi connectivity index (χ0n) is 9.94. The number of benzene rings is 1. The lowest BCUT2D eigenvalue weighted by molar-refractivity contribution is -0.121. The second-order valence-corrected chi connectivity index (χ2v) is 5.09. The topological polar surface area (TPSA) is 98.5 Å². The Balaban J connectivity index is 2.89. The molecule has 0 heterocycles. The van der Waals surface area contributed by atoms with Crippen molar-refractivity contribution in [1.29, 1.82) is 0 Å². The smallest absolute Gasteiger partial charge is 0.238 e. The molecule has 106 valence electrons. The Kier molecular flexibility index (Phi) is 4.78. The second-order valence-electron chi connectivity index (χ2n) is 3.53. The van der Waals surface area contributed by atoms with Crippen LogP contribution < -0.4 is 15.2 Å². The van der Waals surface area contributed by atoms with Crippen LogP contribution in [0.15, 0.2) is 17.0 Å². The summed E-state index contributed by atoms with van der Waals surface area (Å²) in [7, 11) is -2.80. The first-order chi connectivity index (χ1) is 8.75. The molecule has 3 N–H and O–H groups in total. The largest absolute Gasteiger partial charge is 0.487 e. The van der Waals surface area contributed by atoms with Crippen LogP contribution in [0.4, 0.5) is 8.78 Å². The fourth-order valence-electron chi connectivity index (χ4n) is 1.21. The van der Waals surface area contributed by atoms with Gasteiger partial charge in [0.2, 0.25) is 15.9 Å². The number of halogens is 2. The molecule has 0 radical (unpaired) electrons. The van der Waals surface area contributed by atoms with Gasteiger partial charge < -0.3 is 10.1 Å². The van der Waals surface area contributed by atoms with Crippen LogP contribution in [0.25, 0.3) is 0 Å². The molecule has 1 rings (SSSR count). The molecule has 0 bridgehead atoms. The predicted molar refractivity (Wildman–Crippen MR) is 61.9 cm³/mol. The minimum absolute atomic E-state index is 0.0910. The van der Waals surface area contributed by atoms with Crippen molar-refractivity contribution in [2.24, 2.45) is 5.14 Å². The van der Waals surface area contributed by atoms with Crippen LogP contribution >= 0.6 is 0 Å². The quantitative estimate of drug-likeness (QED) is 0.806. The van der Waals surface area contributed by atoms with E-state index in [1.54, 1.807) is 0 Å². The maximum absolute atomic E-state index is 13.5. The van der Waals surface area contributed by atoms with Gasteiger partial charge in [0.15, 0.2) is 17.4 Å². The van der Waals surface area contributed by atoms with Gasteiger partial charge in [-0.15, -0.1) is 0 Å². The molecule has 1 aromatic carbocycles. The van der Waals surface area contributed by atoms with Crippen molar-refractivity contribution in [3.05, 3.63) is 23.8 Å². The van der Waals surface area contributed by atoms with Gasteiger partial charge in [-0.2, -0.15) is 0 Å². The van der Waals surface area contributed by atoms with Gasteiger partial charge in [-0.05, 0) is 12.1 Å². The van der Waals surface area contributed by atoms with Gasteiger partial charge in [0, 0.05) is 7.05 Å². The second kappa shape index (κ2) is 5.93. The molecular weight excluding hydrogens is 282 g/mol. The maximum Gasteiger partial charge on any atom is 0.238 e. The lowest BCUT2D eigenvalue weighted by Crippen LogP contribution is -2.20. The fourth-order valence-corrected chi connectivity index (χ4v) is 1.75. The molecule has 0 atom stereocenters. The summed E-state index contributed by atoms with van der Waals surface area (Å²) in [5, 5.41) is 7.05. The third kappa shape index (κ3) is 4.14. The fraction of sp³-hybridized carbons (Fsp3) is 0.300. The molecule has 1 amide bonds. The van der Waals surface area contributed by atoms with E-state index in [1.165, 1.54) is 7.05 Å². The third-order valence-electron chi connectivity index (χ3n) is 2.15. The Morgan fingerprint density at radius 1 is 1.37 bits per heavy atom. The number of carbonyl (C=O) groups excluding carboxylic acids is 1. The number of sulfonamides is 1. The van der Waals surface area contributed by atoms with Crippen LogP contribution in [0.3, 0.4) is 0 Å². The molecule has 0 saturated heterocycles. The Hall–Kier alpha value is -1.74. The van der Waals surface area contributed by atoms with Crippen molar-refractivity contribution >= 4 is 15.9 Å². The maximum atomic E-state index is 13.5. The van der Waals surface area contributed by atoms with E-state index in [0.29, 0.717) is 12.1 Å². The third-order valence-corrected chi connectivity index (χ3v) is 3.05. The Morgan fingerprint density at radius 3 is 2.32 bits per heavy atom. The first kappa shape index (κ1) is 15.3. The number of hydrogen-bond donors (Lipinski definition) is 2. The van der Waals surface area contributed by atoms with E-state index in [9.17, 15) is 22.0 Å². The number of ether oxygens (including phenoxy) is 1. The number of nitrogens with two attached hydrogens (primary N) is 1. The van der Waals surface area contributed by atoms with Crippen LogP contribution in [0.2, 0.25) is 0 Å². The highest BCUT2D eigenvalue weighted by atomic mass is 32.2. The van der Waals surface area contributed by atoms with Gasteiger partial charge in [-0.3, -0.25) is 4.79 Å². The van der Waals surface area contributed by atoms with E-state index < -0.39 is 32.3 Å². The normalized spacial score (nSPS) is 11.2. The zero-order chi connectivity index (χ0) is 14.6. The molecule has 0 saturated carbocycles. The summed E-state index contributed by atoms with van der Waals surface area (Å²) < 4.78 is 53.6. The van der Waals surface area contributed by atoms with Crippen LogP contribution in [0.5, 0.6) is 5.75 Å². The van der Waals surface area contributed by atoms with Crippen molar-refractivity contribution < 1.29 is 26.7 Å². The van der Waals surface area contributed by atoms with E-state index in [-0.39, 0.29) is 18.9 Å². The molecule has 19 heavy (non-hydrogen) atoms. The molecule has 9 heteroatoms. The van der Waals surface area contributed by atoms with Gasteiger partial charge in [0.1, 0.15) is 0 Å². The first-order valence-corrected chi connectivity index (χ1v) is 6.65. The number of hydrogen-bond acceptors (Lipinski definition) is 4. The molecule has 6 nitrogen and oxygen atoms in total. The SMILES string of the molecule is CNC(=O)CCOc1c(F)cc(S(N)(=O)=O)cc1F. The molecule has 0 spiro atoms. The van der Waals surface area contributed by atoms with Crippen molar-refractivity contribution in [2.45, 2.75) is 11.3 Å².